The molecule has 0 heterocycles. The maximum atomic E-state index is 12.9. The Morgan fingerprint density at radius 2 is 2.31 bits per heavy atom. The third-order valence-corrected chi connectivity index (χ3v) is 1.88. The molecule has 13 heavy (non-hydrogen) atoms. The van der Waals surface area contributed by atoms with Gasteiger partial charge >= 0.3 is 0 Å². The van der Waals surface area contributed by atoms with Crippen LogP contribution in [-0.4, -0.2) is 12.3 Å². The van der Waals surface area contributed by atoms with Gasteiger partial charge in [-0.15, -0.1) is 0 Å². The van der Waals surface area contributed by atoms with Crippen LogP contribution in [0.5, 0.6) is 5.75 Å². The Morgan fingerprint density at radius 3 is 2.85 bits per heavy atom. The molecule has 0 aliphatic rings. The van der Waals surface area contributed by atoms with E-state index < -0.39 is 5.82 Å². The summed E-state index contributed by atoms with van der Waals surface area (Å²) in [6, 6.07) is 2.58. The second-order valence-electron chi connectivity index (χ2n) is 2.41. The topological polar surface area (TPSA) is 41.5 Å². The Hall–Kier alpha value is -0.840. The third-order valence-electron chi connectivity index (χ3n) is 1.59. The summed E-state index contributed by atoms with van der Waals surface area (Å²) in [4.78, 5) is 0. The van der Waals surface area contributed by atoms with Gasteiger partial charge in [0.2, 0.25) is 0 Å². The molecule has 1 rings (SSSR count). The largest absolute Gasteiger partial charge is 0.496 e. The van der Waals surface area contributed by atoms with E-state index in [2.05, 4.69) is 0 Å². The molecule has 0 aliphatic heterocycles. The number of hydroxylamine groups is 1. The lowest BCUT2D eigenvalue weighted by atomic mass is 10.2. The first kappa shape index (κ1) is 10.2. The number of benzene rings is 1. The second kappa shape index (κ2) is 4.41. The smallest absolute Gasteiger partial charge is 0.145 e. The van der Waals surface area contributed by atoms with Crippen molar-refractivity contribution in [3.05, 3.63) is 28.5 Å². The van der Waals surface area contributed by atoms with E-state index in [1.165, 1.54) is 19.2 Å². The van der Waals surface area contributed by atoms with E-state index in [0.717, 1.165) is 0 Å². The average molecular weight is 206 g/mol. The molecular formula is C8H9ClFNO2. The summed E-state index contributed by atoms with van der Waals surface area (Å²) >= 11 is 5.54. The van der Waals surface area contributed by atoms with Crippen LogP contribution in [0, 0.1) is 5.82 Å². The number of hydrogen-bond acceptors (Lipinski definition) is 3. The Kier molecular flexibility index (Phi) is 3.48. The van der Waals surface area contributed by atoms with Crippen molar-refractivity contribution < 1.29 is 14.3 Å². The molecule has 5 heteroatoms. The average Bonchev–Trinajstić information content (AvgIpc) is 2.11. The van der Waals surface area contributed by atoms with Crippen LogP contribution in [0.25, 0.3) is 0 Å². The van der Waals surface area contributed by atoms with Crippen LogP contribution in [0.1, 0.15) is 5.56 Å². The van der Waals surface area contributed by atoms with Crippen LogP contribution in [-0.2, 0) is 6.54 Å². The highest BCUT2D eigenvalue weighted by atomic mass is 35.5. The van der Waals surface area contributed by atoms with E-state index in [-0.39, 0.29) is 11.6 Å². The predicted octanol–water partition coefficient (Wildman–Crippen LogP) is 1.97. The van der Waals surface area contributed by atoms with Gasteiger partial charge in [-0.25, -0.2) is 9.87 Å². The SMILES string of the molecule is COc1cc(F)c(Cl)cc1CNO. The number of halogens is 2. The fraction of sp³-hybridized carbons (Fsp3) is 0.250. The fourth-order valence-corrected chi connectivity index (χ4v) is 1.17. The molecule has 2 N–H and O–H groups in total. The lowest BCUT2D eigenvalue weighted by Crippen LogP contribution is -2.07. The van der Waals surface area contributed by atoms with Gasteiger partial charge in [0.15, 0.2) is 0 Å². The highest BCUT2D eigenvalue weighted by Gasteiger charge is 2.08. The maximum absolute atomic E-state index is 12.9. The quantitative estimate of drug-likeness (QED) is 0.742. The Balaban J connectivity index is 3.09. The minimum absolute atomic E-state index is 0.00560. The summed E-state index contributed by atoms with van der Waals surface area (Å²) in [5.74, 6) is -0.191. The molecule has 1 aromatic carbocycles. The molecule has 1 aromatic rings. The van der Waals surface area contributed by atoms with Crippen molar-refractivity contribution in [3.63, 3.8) is 0 Å². The van der Waals surface area contributed by atoms with Gasteiger partial charge in [0.1, 0.15) is 11.6 Å². The van der Waals surface area contributed by atoms with Gasteiger partial charge in [0, 0.05) is 18.2 Å². The molecule has 0 bridgehead atoms. The molecule has 0 saturated heterocycles. The maximum Gasteiger partial charge on any atom is 0.145 e. The Morgan fingerprint density at radius 1 is 1.62 bits per heavy atom. The van der Waals surface area contributed by atoms with Gasteiger partial charge in [-0.2, -0.15) is 0 Å². The lowest BCUT2D eigenvalue weighted by molar-refractivity contribution is 0.160. The summed E-state index contributed by atoms with van der Waals surface area (Å²) in [6.07, 6.45) is 0. The number of methoxy groups -OCH3 is 1. The number of hydrogen-bond donors (Lipinski definition) is 2. The van der Waals surface area contributed by atoms with Crippen molar-refractivity contribution >= 4 is 11.6 Å². The molecule has 0 spiro atoms. The molecule has 0 saturated carbocycles. The molecule has 0 unspecified atom stereocenters. The minimum atomic E-state index is -0.541. The molecule has 3 nitrogen and oxygen atoms in total. The van der Waals surface area contributed by atoms with Crippen LogP contribution in [0.2, 0.25) is 5.02 Å². The van der Waals surface area contributed by atoms with E-state index in [1.807, 2.05) is 5.48 Å². The number of nitrogens with one attached hydrogen (secondary N) is 1. The number of ether oxygens (including phenoxy) is 1. The molecule has 0 aliphatic carbocycles. The monoisotopic (exact) mass is 205 g/mol. The van der Waals surface area contributed by atoms with Crippen molar-refractivity contribution in [2.75, 3.05) is 7.11 Å². The summed E-state index contributed by atoms with van der Waals surface area (Å²) in [5.41, 5.74) is 2.54. The first-order valence-corrected chi connectivity index (χ1v) is 3.95. The normalized spacial score (nSPS) is 10.2. The standard InChI is InChI=1S/C8H9ClFNO2/c1-13-8-3-7(10)6(9)2-5(8)4-11-12/h2-3,11-12H,4H2,1H3. The first-order valence-electron chi connectivity index (χ1n) is 3.58. The molecule has 0 atom stereocenters. The van der Waals surface area contributed by atoms with Crippen LogP contribution in [0.3, 0.4) is 0 Å². The van der Waals surface area contributed by atoms with Crippen molar-refractivity contribution in [1.29, 1.82) is 0 Å². The highest BCUT2D eigenvalue weighted by Crippen LogP contribution is 2.25. The number of rotatable bonds is 3. The van der Waals surface area contributed by atoms with Gasteiger partial charge in [-0.3, -0.25) is 0 Å². The van der Waals surface area contributed by atoms with Crippen molar-refractivity contribution in [1.82, 2.24) is 5.48 Å². The summed E-state index contributed by atoms with van der Waals surface area (Å²) in [7, 11) is 1.42. The van der Waals surface area contributed by atoms with Gasteiger partial charge in [-0.1, -0.05) is 11.6 Å². The first-order chi connectivity index (χ1) is 6.19. The molecular weight excluding hydrogens is 197 g/mol. The Labute approximate surface area is 80.0 Å². The van der Waals surface area contributed by atoms with Crippen LogP contribution >= 0.6 is 11.6 Å². The zero-order valence-corrected chi connectivity index (χ0v) is 7.73. The van der Waals surface area contributed by atoms with Crippen molar-refractivity contribution in [2.45, 2.75) is 6.54 Å². The molecule has 72 valence electrons. The van der Waals surface area contributed by atoms with Gasteiger partial charge < -0.3 is 9.94 Å². The zero-order chi connectivity index (χ0) is 9.84. The van der Waals surface area contributed by atoms with Gasteiger partial charge in [-0.05, 0) is 6.07 Å². The van der Waals surface area contributed by atoms with E-state index in [9.17, 15) is 4.39 Å². The van der Waals surface area contributed by atoms with Crippen LogP contribution < -0.4 is 10.2 Å². The summed E-state index contributed by atoms with van der Waals surface area (Å²) < 4.78 is 17.8. The minimum Gasteiger partial charge on any atom is -0.496 e. The van der Waals surface area contributed by atoms with Crippen LogP contribution in [0.15, 0.2) is 12.1 Å². The van der Waals surface area contributed by atoms with Gasteiger partial charge in [0.25, 0.3) is 0 Å². The zero-order valence-electron chi connectivity index (χ0n) is 6.97. The van der Waals surface area contributed by atoms with E-state index in [1.54, 1.807) is 0 Å². The molecule has 0 radical (unpaired) electrons. The van der Waals surface area contributed by atoms with Crippen molar-refractivity contribution in [3.8, 4) is 5.75 Å². The van der Waals surface area contributed by atoms with Gasteiger partial charge in [0.05, 0.1) is 12.1 Å². The van der Waals surface area contributed by atoms with E-state index in [0.29, 0.717) is 11.3 Å². The Bertz CT molecular complexity index is 306. The fourth-order valence-electron chi connectivity index (χ4n) is 0.983. The third kappa shape index (κ3) is 2.30. The molecule has 0 amide bonds. The second-order valence-corrected chi connectivity index (χ2v) is 2.82. The predicted molar refractivity (Wildman–Crippen MR) is 46.6 cm³/mol. The van der Waals surface area contributed by atoms with Crippen LogP contribution in [0.4, 0.5) is 4.39 Å². The molecule has 0 aromatic heterocycles. The summed E-state index contributed by atoms with van der Waals surface area (Å²) in [5, 5.41) is 8.46. The summed E-state index contributed by atoms with van der Waals surface area (Å²) in [6.45, 7) is 0.156. The lowest BCUT2D eigenvalue weighted by Gasteiger charge is -2.08. The van der Waals surface area contributed by atoms with E-state index in [4.69, 9.17) is 21.5 Å². The highest BCUT2D eigenvalue weighted by molar-refractivity contribution is 6.30. The molecule has 0 fully saturated rings. The van der Waals surface area contributed by atoms with E-state index >= 15 is 0 Å². The van der Waals surface area contributed by atoms with Crippen molar-refractivity contribution in [2.24, 2.45) is 0 Å².